The normalized spacial score (nSPS) is 13.0. The second kappa shape index (κ2) is 6.48. The SMILES string of the molecule is C[C@@H](CN(C)C(=O)Nc1ccnn1C(C)(C)C)c1nccs1. The van der Waals surface area contributed by atoms with E-state index >= 15 is 0 Å². The van der Waals surface area contributed by atoms with E-state index in [0.717, 1.165) is 5.01 Å². The van der Waals surface area contributed by atoms with Gasteiger partial charge in [0.05, 0.1) is 16.7 Å². The van der Waals surface area contributed by atoms with E-state index in [2.05, 4.69) is 22.3 Å². The van der Waals surface area contributed by atoms with Crippen LogP contribution in [0.1, 0.15) is 38.6 Å². The number of urea groups is 1. The molecule has 2 rings (SSSR count). The fourth-order valence-electron chi connectivity index (χ4n) is 2.19. The van der Waals surface area contributed by atoms with Crippen molar-refractivity contribution in [1.82, 2.24) is 19.7 Å². The van der Waals surface area contributed by atoms with Gasteiger partial charge in [0, 0.05) is 37.2 Å². The van der Waals surface area contributed by atoms with Gasteiger partial charge >= 0.3 is 6.03 Å². The summed E-state index contributed by atoms with van der Waals surface area (Å²) in [5.41, 5.74) is -0.182. The number of hydrogen-bond donors (Lipinski definition) is 1. The Morgan fingerprint density at radius 2 is 2.18 bits per heavy atom. The minimum Gasteiger partial charge on any atom is -0.327 e. The molecule has 2 aromatic heterocycles. The van der Waals surface area contributed by atoms with Crippen LogP contribution in [0, 0.1) is 0 Å². The third-order valence-electron chi connectivity index (χ3n) is 3.28. The first-order chi connectivity index (χ1) is 10.3. The summed E-state index contributed by atoms with van der Waals surface area (Å²) < 4.78 is 1.81. The third-order valence-corrected chi connectivity index (χ3v) is 4.29. The van der Waals surface area contributed by atoms with Gasteiger partial charge in [-0.05, 0) is 20.8 Å². The van der Waals surface area contributed by atoms with E-state index in [1.165, 1.54) is 0 Å². The number of nitrogens with one attached hydrogen (secondary N) is 1. The molecule has 0 unspecified atom stereocenters. The summed E-state index contributed by atoms with van der Waals surface area (Å²) >= 11 is 1.61. The Kier molecular flexibility index (Phi) is 4.85. The van der Waals surface area contributed by atoms with Crippen LogP contribution in [0.2, 0.25) is 0 Å². The van der Waals surface area contributed by atoms with E-state index in [9.17, 15) is 4.79 Å². The number of likely N-dealkylation sites (N-methyl/N-ethyl adjacent to an activating group) is 1. The van der Waals surface area contributed by atoms with Crippen LogP contribution in [0.25, 0.3) is 0 Å². The molecule has 1 atom stereocenters. The molecule has 0 bridgehead atoms. The van der Waals surface area contributed by atoms with E-state index < -0.39 is 0 Å². The highest BCUT2D eigenvalue weighted by atomic mass is 32.1. The first-order valence-corrected chi connectivity index (χ1v) is 8.13. The summed E-state index contributed by atoms with van der Waals surface area (Å²) in [6.07, 6.45) is 3.48. The lowest BCUT2D eigenvalue weighted by atomic mass is 10.1. The standard InChI is InChI=1S/C15H23N5OS/c1-11(13-16-8-9-22-13)10-19(5)14(21)18-12-6-7-17-20(12)15(2,3)4/h6-9,11H,10H2,1-5H3,(H,18,21)/t11-/m0/s1. The minimum absolute atomic E-state index is 0.144. The Hall–Kier alpha value is -1.89. The van der Waals surface area contributed by atoms with Crippen molar-refractivity contribution in [3.63, 3.8) is 0 Å². The molecule has 2 amide bonds. The predicted molar refractivity (Wildman–Crippen MR) is 89.4 cm³/mol. The molecule has 2 aromatic rings. The van der Waals surface area contributed by atoms with Crippen LogP contribution in [-0.4, -0.2) is 39.3 Å². The lowest BCUT2D eigenvalue weighted by molar-refractivity contribution is 0.219. The molecule has 0 aliphatic heterocycles. The quantitative estimate of drug-likeness (QED) is 0.939. The number of carbonyl (C=O) groups excluding carboxylic acids is 1. The highest BCUT2D eigenvalue weighted by molar-refractivity contribution is 7.09. The number of aromatic nitrogens is 3. The number of carbonyl (C=O) groups is 1. The van der Waals surface area contributed by atoms with Gasteiger partial charge in [-0.3, -0.25) is 5.32 Å². The summed E-state index contributed by atoms with van der Waals surface area (Å²) in [4.78, 5) is 18.3. The van der Waals surface area contributed by atoms with E-state index in [1.807, 2.05) is 30.8 Å². The Bertz CT molecular complexity index is 614. The molecule has 0 aliphatic carbocycles. The highest BCUT2D eigenvalue weighted by Gasteiger charge is 2.20. The molecule has 0 aromatic carbocycles. The fourth-order valence-corrected chi connectivity index (χ4v) is 2.88. The Balaban J connectivity index is 1.99. The zero-order chi connectivity index (χ0) is 16.3. The number of nitrogens with zero attached hydrogens (tertiary/aromatic N) is 4. The molecular formula is C15H23N5OS. The van der Waals surface area contributed by atoms with E-state index in [0.29, 0.717) is 12.4 Å². The van der Waals surface area contributed by atoms with E-state index in [1.54, 1.807) is 41.7 Å². The van der Waals surface area contributed by atoms with Crippen molar-refractivity contribution in [2.45, 2.75) is 39.2 Å². The van der Waals surface area contributed by atoms with Gasteiger partial charge in [-0.25, -0.2) is 14.5 Å². The van der Waals surface area contributed by atoms with Gasteiger partial charge in [0.15, 0.2) is 0 Å². The van der Waals surface area contributed by atoms with Crippen molar-refractivity contribution in [3.05, 3.63) is 28.8 Å². The van der Waals surface area contributed by atoms with Gasteiger partial charge in [0.1, 0.15) is 5.82 Å². The molecule has 7 heteroatoms. The van der Waals surface area contributed by atoms with Crippen molar-refractivity contribution in [2.24, 2.45) is 0 Å². The molecule has 120 valence electrons. The van der Waals surface area contributed by atoms with Crippen LogP contribution in [0.3, 0.4) is 0 Å². The molecule has 6 nitrogen and oxygen atoms in total. The average Bonchev–Trinajstić information content (AvgIpc) is 3.08. The monoisotopic (exact) mass is 321 g/mol. The van der Waals surface area contributed by atoms with Crippen molar-refractivity contribution < 1.29 is 4.79 Å². The van der Waals surface area contributed by atoms with Crippen molar-refractivity contribution in [3.8, 4) is 0 Å². The summed E-state index contributed by atoms with van der Waals surface area (Å²) in [7, 11) is 1.79. The summed E-state index contributed by atoms with van der Waals surface area (Å²) in [6, 6.07) is 1.66. The zero-order valence-electron chi connectivity index (χ0n) is 13.7. The second-order valence-corrected chi connectivity index (χ2v) is 7.31. The molecule has 0 radical (unpaired) electrons. The topological polar surface area (TPSA) is 63.1 Å². The lowest BCUT2D eigenvalue weighted by Gasteiger charge is -2.25. The molecule has 0 spiro atoms. The number of amides is 2. The Labute approximate surface area is 135 Å². The predicted octanol–water partition coefficient (Wildman–Crippen LogP) is 3.36. The maximum absolute atomic E-state index is 12.4. The van der Waals surface area contributed by atoms with Gasteiger partial charge < -0.3 is 4.90 Å². The smallest absolute Gasteiger partial charge is 0.322 e. The summed E-state index contributed by atoms with van der Waals surface area (Å²) in [5, 5.41) is 10.2. The number of anilines is 1. The fraction of sp³-hybridized carbons (Fsp3) is 0.533. The molecule has 1 N–H and O–H groups in total. The van der Waals surface area contributed by atoms with E-state index in [-0.39, 0.29) is 17.5 Å². The number of thiazole rings is 1. The lowest BCUT2D eigenvalue weighted by Crippen LogP contribution is -2.36. The van der Waals surface area contributed by atoms with Crippen LogP contribution in [0.5, 0.6) is 0 Å². The molecule has 0 aliphatic rings. The van der Waals surface area contributed by atoms with Gasteiger partial charge in [0.2, 0.25) is 0 Å². The minimum atomic E-state index is -0.182. The van der Waals surface area contributed by atoms with Gasteiger partial charge in [0.25, 0.3) is 0 Å². The van der Waals surface area contributed by atoms with Crippen LogP contribution in [0.15, 0.2) is 23.8 Å². The number of hydrogen-bond acceptors (Lipinski definition) is 4. The van der Waals surface area contributed by atoms with Crippen LogP contribution in [0.4, 0.5) is 10.6 Å². The van der Waals surface area contributed by atoms with Crippen molar-refractivity contribution in [2.75, 3.05) is 18.9 Å². The van der Waals surface area contributed by atoms with Crippen LogP contribution >= 0.6 is 11.3 Å². The van der Waals surface area contributed by atoms with Crippen LogP contribution < -0.4 is 5.32 Å². The van der Waals surface area contributed by atoms with Gasteiger partial charge in [-0.1, -0.05) is 6.92 Å². The average molecular weight is 321 g/mol. The summed E-state index contributed by atoms with van der Waals surface area (Å²) in [6.45, 7) is 8.82. The maximum Gasteiger partial charge on any atom is 0.322 e. The molecule has 0 fully saturated rings. The molecule has 0 saturated carbocycles. The zero-order valence-corrected chi connectivity index (χ0v) is 14.5. The highest BCUT2D eigenvalue weighted by Crippen LogP contribution is 2.21. The summed E-state index contributed by atoms with van der Waals surface area (Å²) in [5.74, 6) is 0.912. The Morgan fingerprint density at radius 1 is 1.45 bits per heavy atom. The van der Waals surface area contributed by atoms with Gasteiger partial charge in [-0.15, -0.1) is 11.3 Å². The van der Waals surface area contributed by atoms with Crippen molar-refractivity contribution >= 4 is 23.2 Å². The molecule has 0 saturated heterocycles. The van der Waals surface area contributed by atoms with Gasteiger partial charge in [-0.2, -0.15) is 5.10 Å². The number of rotatable bonds is 4. The first-order valence-electron chi connectivity index (χ1n) is 7.25. The molecule has 22 heavy (non-hydrogen) atoms. The maximum atomic E-state index is 12.4. The first kappa shape index (κ1) is 16.5. The van der Waals surface area contributed by atoms with E-state index in [4.69, 9.17) is 0 Å². The molecular weight excluding hydrogens is 298 g/mol. The van der Waals surface area contributed by atoms with Crippen LogP contribution in [-0.2, 0) is 5.54 Å². The third kappa shape index (κ3) is 3.85. The molecule has 2 heterocycles. The second-order valence-electron chi connectivity index (χ2n) is 6.38. The Morgan fingerprint density at radius 3 is 2.77 bits per heavy atom. The van der Waals surface area contributed by atoms with Crippen molar-refractivity contribution in [1.29, 1.82) is 0 Å². The largest absolute Gasteiger partial charge is 0.327 e.